The van der Waals surface area contributed by atoms with Gasteiger partial charge in [-0.25, -0.2) is 0 Å². The average Bonchev–Trinajstić information content (AvgIpc) is 3.22. The lowest BCUT2D eigenvalue weighted by molar-refractivity contribution is 0.150. The Bertz CT molecular complexity index is 573. The quantitative estimate of drug-likeness (QED) is 0.870. The van der Waals surface area contributed by atoms with Crippen molar-refractivity contribution in [1.82, 2.24) is 0 Å². The summed E-state index contributed by atoms with van der Waals surface area (Å²) in [5.74, 6) is 0.902. The van der Waals surface area contributed by atoms with E-state index in [0.29, 0.717) is 11.8 Å². The third kappa shape index (κ3) is 2.31. The van der Waals surface area contributed by atoms with Gasteiger partial charge in [0.25, 0.3) is 0 Å². The Hall–Kier alpha value is -1.60. The molecule has 3 rings (SSSR count). The summed E-state index contributed by atoms with van der Waals surface area (Å²) in [5.41, 5.74) is 4.95. The lowest BCUT2D eigenvalue weighted by atomic mass is 9.95. The van der Waals surface area contributed by atoms with E-state index in [1.807, 2.05) is 12.1 Å². The molecule has 0 amide bonds. The van der Waals surface area contributed by atoms with E-state index in [2.05, 4.69) is 50.2 Å². The van der Waals surface area contributed by atoms with E-state index in [0.717, 1.165) is 12.0 Å². The van der Waals surface area contributed by atoms with E-state index < -0.39 is 0 Å². The molecule has 1 N–H and O–H groups in total. The van der Waals surface area contributed by atoms with Crippen LogP contribution in [0, 0.1) is 19.8 Å². The van der Waals surface area contributed by atoms with Crippen LogP contribution in [0.1, 0.15) is 40.7 Å². The van der Waals surface area contributed by atoms with E-state index in [1.54, 1.807) is 0 Å². The molecule has 0 aromatic heterocycles. The third-order valence-corrected chi connectivity index (χ3v) is 4.44. The zero-order valence-electron chi connectivity index (χ0n) is 11.5. The van der Waals surface area contributed by atoms with Crippen LogP contribution in [0.25, 0.3) is 0 Å². The second kappa shape index (κ2) is 4.82. The molecule has 0 aliphatic heterocycles. The van der Waals surface area contributed by atoms with Crippen molar-refractivity contribution in [3.63, 3.8) is 0 Å². The number of benzene rings is 2. The van der Waals surface area contributed by atoms with Gasteiger partial charge in [0.1, 0.15) is 0 Å². The van der Waals surface area contributed by atoms with Crippen molar-refractivity contribution in [2.75, 3.05) is 0 Å². The first kappa shape index (κ1) is 12.4. The highest BCUT2D eigenvalue weighted by Gasteiger charge is 2.44. The molecule has 3 unspecified atom stereocenters. The van der Waals surface area contributed by atoms with Crippen LogP contribution in [0.4, 0.5) is 0 Å². The zero-order valence-corrected chi connectivity index (χ0v) is 11.5. The summed E-state index contributed by atoms with van der Waals surface area (Å²) in [7, 11) is 0. The molecule has 98 valence electrons. The summed E-state index contributed by atoms with van der Waals surface area (Å²) < 4.78 is 0. The topological polar surface area (TPSA) is 20.2 Å². The number of aliphatic hydroxyl groups is 1. The van der Waals surface area contributed by atoms with Crippen LogP contribution in [0.15, 0.2) is 48.5 Å². The Labute approximate surface area is 114 Å². The zero-order chi connectivity index (χ0) is 13.4. The van der Waals surface area contributed by atoms with Gasteiger partial charge in [-0.3, -0.25) is 0 Å². The first-order valence-corrected chi connectivity index (χ1v) is 6.97. The second-order valence-electron chi connectivity index (χ2n) is 5.65. The molecule has 1 nitrogen and oxygen atoms in total. The van der Waals surface area contributed by atoms with Crippen LogP contribution in [-0.2, 0) is 0 Å². The predicted octanol–water partition coefficient (Wildman–Crippen LogP) is 4.14. The van der Waals surface area contributed by atoms with Gasteiger partial charge in [0.05, 0.1) is 6.10 Å². The van der Waals surface area contributed by atoms with Crippen molar-refractivity contribution in [2.24, 2.45) is 5.92 Å². The summed E-state index contributed by atoms with van der Waals surface area (Å²) in [6.45, 7) is 4.21. The van der Waals surface area contributed by atoms with E-state index >= 15 is 0 Å². The number of hydrogen-bond acceptors (Lipinski definition) is 1. The Balaban J connectivity index is 1.80. The summed E-state index contributed by atoms with van der Waals surface area (Å²) in [6.07, 6.45) is 0.767. The summed E-state index contributed by atoms with van der Waals surface area (Å²) >= 11 is 0. The fourth-order valence-electron chi connectivity index (χ4n) is 2.97. The molecular weight excluding hydrogens is 232 g/mol. The minimum absolute atomic E-state index is 0.329. The molecule has 3 atom stereocenters. The van der Waals surface area contributed by atoms with Crippen LogP contribution >= 0.6 is 0 Å². The number of hydrogen-bond donors (Lipinski definition) is 1. The highest BCUT2D eigenvalue weighted by Crippen LogP contribution is 2.54. The smallest absolute Gasteiger partial charge is 0.0826 e. The van der Waals surface area contributed by atoms with Crippen LogP contribution in [0.2, 0.25) is 0 Å². The molecule has 0 spiro atoms. The molecule has 0 bridgehead atoms. The Morgan fingerprint density at radius 2 is 1.74 bits per heavy atom. The third-order valence-electron chi connectivity index (χ3n) is 4.44. The second-order valence-corrected chi connectivity index (χ2v) is 5.65. The highest BCUT2D eigenvalue weighted by atomic mass is 16.3. The van der Waals surface area contributed by atoms with Crippen molar-refractivity contribution in [3.05, 3.63) is 70.8 Å². The Kier molecular flexibility index (Phi) is 3.16. The summed E-state index contributed by atoms with van der Waals surface area (Å²) in [5, 5.41) is 10.6. The van der Waals surface area contributed by atoms with E-state index in [1.165, 1.54) is 16.7 Å². The maximum absolute atomic E-state index is 10.6. The first-order chi connectivity index (χ1) is 9.18. The molecule has 1 fully saturated rings. The molecule has 1 heteroatoms. The summed E-state index contributed by atoms with van der Waals surface area (Å²) in [6, 6.07) is 16.7. The van der Waals surface area contributed by atoms with E-state index in [4.69, 9.17) is 0 Å². The highest BCUT2D eigenvalue weighted by molar-refractivity contribution is 5.37. The summed E-state index contributed by atoms with van der Waals surface area (Å²) in [4.78, 5) is 0. The number of aliphatic hydroxyl groups excluding tert-OH is 1. The standard InChI is InChI=1S/C18H20O/c1-12-7-6-10-15(13(12)2)18(19)17-11-16(17)14-8-4-3-5-9-14/h3-10,16-19H,11H2,1-2H3. The van der Waals surface area contributed by atoms with Crippen molar-refractivity contribution in [2.45, 2.75) is 32.3 Å². The molecule has 1 aliphatic rings. The van der Waals surface area contributed by atoms with Crippen LogP contribution in [0.3, 0.4) is 0 Å². The maximum atomic E-state index is 10.6. The van der Waals surface area contributed by atoms with Crippen LogP contribution in [0.5, 0.6) is 0 Å². The largest absolute Gasteiger partial charge is 0.388 e. The van der Waals surface area contributed by atoms with Gasteiger partial charge < -0.3 is 5.11 Å². The molecule has 1 saturated carbocycles. The lowest BCUT2D eigenvalue weighted by Crippen LogP contribution is -2.04. The predicted molar refractivity (Wildman–Crippen MR) is 78.2 cm³/mol. The van der Waals surface area contributed by atoms with Crippen LogP contribution < -0.4 is 0 Å². The lowest BCUT2D eigenvalue weighted by Gasteiger charge is -2.15. The van der Waals surface area contributed by atoms with Gasteiger partial charge in [-0.1, -0.05) is 48.5 Å². The normalized spacial score (nSPS) is 23.1. The minimum atomic E-state index is -0.329. The molecular formula is C18H20O. The van der Waals surface area contributed by atoms with Crippen molar-refractivity contribution in [1.29, 1.82) is 0 Å². The van der Waals surface area contributed by atoms with Gasteiger partial charge in [-0.05, 0) is 54.4 Å². The van der Waals surface area contributed by atoms with E-state index in [-0.39, 0.29) is 6.10 Å². The molecule has 2 aromatic rings. The monoisotopic (exact) mass is 252 g/mol. The number of aryl methyl sites for hydroxylation is 1. The van der Waals surface area contributed by atoms with Gasteiger partial charge in [-0.15, -0.1) is 0 Å². The van der Waals surface area contributed by atoms with Crippen molar-refractivity contribution in [3.8, 4) is 0 Å². The number of rotatable bonds is 3. The minimum Gasteiger partial charge on any atom is -0.388 e. The maximum Gasteiger partial charge on any atom is 0.0826 e. The fraction of sp³-hybridized carbons (Fsp3) is 0.333. The van der Waals surface area contributed by atoms with Gasteiger partial charge in [-0.2, -0.15) is 0 Å². The molecule has 2 aromatic carbocycles. The first-order valence-electron chi connectivity index (χ1n) is 6.97. The van der Waals surface area contributed by atoms with Crippen molar-refractivity contribution >= 4 is 0 Å². The van der Waals surface area contributed by atoms with Gasteiger partial charge >= 0.3 is 0 Å². The van der Waals surface area contributed by atoms with E-state index in [9.17, 15) is 5.11 Å². The molecule has 0 heterocycles. The fourth-order valence-corrected chi connectivity index (χ4v) is 2.97. The van der Waals surface area contributed by atoms with Gasteiger partial charge in [0.2, 0.25) is 0 Å². The Morgan fingerprint density at radius 3 is 2.47 bits per heavy atom. The average molecular weight is 252 g/mol. The van der Waals surface area contributed by atoms with Gasteiger partial charge in [0, 0.05) is 0 Å². The van der Waals surface area contributed by atoms with Gasteiger partial charge in [0.15, 0.2) is 0 Å². The van der Waals surface area contributed by atoms with Crippen molar-refractivity contribution < 1.29 is 5.11 Å². The SMILES string of the molecule is Cc1cccc(C(O)C2CC2c2ccccc2)c1C. The molecule has 0 radical (unpaired) electrons. The molecule has 0 saturated heterocycles. The molecule has 19 heavy (non-hydrogen) atoms. The molecule has 1 aliphatic carbocycles. The van der Waals surface area contributed by atoms with Crippen LogP contribution in [-0.4, -0.2) is 5.11 Å². The Morgan fingerprint density at radius 1 is 1.00 bits per heavy atom.